The number of carbonyl (C=O) groups is 1. The predicted molar refractivity (Wildman–Crippen MR) is 73.2 cm³/mol. The second-order valence-corrected chi connectivity index (χ2v) is 4.32. The maximum absolute atomic E-state index is 11.2. The lowest BCUT2D eigenvalue weighted by Gasteiger charge is -2.08. The highest BCUT2D eigenvalue weighted by Crippen LogP contribution is 2.26. The molecule has 18 heavy (non-hydrogen) atoms. The zero-order chi connectivity index (χ0) is 13.1. The minimum Gasteiger partial charge on any atom is -0.496 e. The van der Waals surface area contributed by atoms with Gasteiger partial charge in [-0.2, -0.15) is 0 Å². The van der Waals surface area contributed by atoms with E-state index in [4.69, 9.17) is 4.74 Å². The van der Waals surface area contributed by atoms with Crippen LogP contribution in [0.1, 0.15) is 22.8 Å². The van der Waals surface area contributed by atoms with Gasteiger partial charge in [0.25, 0.3) is 0 Å². The molecule has 2 nitrogen and oxygen atoms in total. The number of benzene rings is 2. The zero-order valence-electron chi connectivity index (χ0n) is 10.9. The lowest BCUT2D eigenvalue weighted by Crippen LogP contribution is -1.91. The van der Waals surface area contributed by atoms with Gasteiger partial charge in [-0.1, -0.05) is 36.4 Å². The quantitative estimate of drug-likeness (QED) is 0.761. The van der Waals surface area contributed by atoms with Crippen molar-refractivity contribution in [2.45, 2.75) is 13.8 Å². The van der Waals surface area contributed by atoms with Crippen molar-refractivity contribution in [2.24, 2.45) is 0 Å². The summed E-state index contributed by atoms with van der Waals surface area (Å²) >= 11 is 0. The van der Waals surface area contributed by atoms with Crippen LogP contribution in [0.2, 0.25) is 0 Å². The molecule has 2 aromatic rings. The molecule has 0 spiro atoms. The summed E-state index contributed by atoms with van der Waals surface area (Å²) in [6.07, 6.45) is 0. The third-order valence-electron chi connectivity index (χ3n) is 3.03. The van der Waals surface area contributed by atoms with Crippen LogP contribution >= 0.6 is 0 Å². The predicted octanol–water partition coefficient (Wildman–Crippen LogP) is 3.87. The van der Waals surface area contributed by atoms with Crippen molar-refractivity contribution in [1.29, 1.82) is 0 Å². The summed E-state index contributed by atoms with van der Waals surface area (Å²) < 4.78 is 5.31. The molecule has 0 bridgehead atoms. The lowest BCUT2D eigenvalue weighted by molar-refractivity contribution is 0.101. The molecule has 0 saturated heterocycles. The minimum atomic E-state index is 0.0861. The molecule has 0 fully saturated rings. The first kappa shape index (κ1) is 12.4. The molecule has 0 N–H and O–H groups in total. The maximum Gasteiger partial charge on any atom is 0.159 e. The molecule has 0 amide bonds. The largest absolute Gasteiger partial charge is 0.496 e. The van der Waals surface area contributed by atoms with Crippen molar-refractivity contribution in [1.82, 2.24) is 0 Å². The number of Topliss-reactive ketones (excluding diaryl/α,β-unsaturated/α-hetero) is 1. The Kier molecular flexibility index (Phi) is 3.47. The number of hydrogen-bond donors (Lipinski definition) is 0. The van der Waals surface area contributed by atoms with Crippen LogP contribution in [-0.4, -0.2) is 12.9 Å². The third-order valence-corrected chi connectivity index (χ3v) is 3.03. The molecule has 2 rings (SSSR count). The normalized spacial score (nSPS) is 10.2. The summed E-state index contributed by atoms with van der Waals surface area (Å²) in [5, 5.41) is 0. The van der Waals surface area contributed by atoms with Crippen molar-refractivity contribution in [3.05, 3.63) is 53.6 Å². The molecule has 2 heteroatoms. The molecule has 2 aromatic carbocycles. The van der Waals surface area contributed by atoms with E-state index in [-0.39, 0.29) is 5.78 Å². The highest BCUT2D eigenvalue weighted by molar-refractivity contribution is 5.94. The summed E-state index contributed by atoms with van der Waals surface area (Å²) in [5.74, 6) is 0.964. The van der Waals surface area contributed by atoms with Gasteiger partial charge in [0.1, 0.15) is 5.75 Å². The molecule has 0 atom stereocenters. The van der Waals surface area contributed by atoms with Crippen molar-refractivity contribution in [3.63, 3.8) is 0 Å². The van der Waals surface area contributed by atoms with E-state index in [9.17, 15) is 4.79 Å². The van der Waals surface area contributed by atoms with Gasteiger partial charge in [0.05, 0.1) is 7.11 Å². The van der Waals surface area contributed by atoms with Crippen molar-refractivity contribution in [3.8, 4) is 16.9 Å². The van der Waals surface area contributed by atoms with Crippen molar-refractivity contribution >= 4 is 5.78 Å². The van der Waals surface area contributed by atoms with Crippen LogP contribution in [0.15, 0.2) is 42.5 Å². The number of aryl methyl sites for hydroxylation is 1. The van der Waals surface area contributed by atoms with Crippen LogP contribution < -0.4 is 4.74 Å². The van der Waals surface area contributed by atoms with Crippen LogP contribution in [0.4, 0.5) is 0 Å². The van der Waals surface area contributed by atoms with Gasteiger partial charge < -0.3 is 4.74 Å². The first-order chi connectivity index (χ1) is 8.61. The highest BCUT2D eigenvalue weighted by Gasteiger charge is 2.04. The van der Waals surface area contributed by atoms with Gasteiger partial charge in [-0.25, -0.2) is 0 Å². The Labute approximate surface area is 107 Å². The van der Waals surface area contributed by atoms with Gasteiger partial charge in [0, 0.05) is 5.56 Å². The van der Waals surface area contributed by atoms with Gasteiger partial charge in [0.2, 0.25) is 0 Å². The second kappa shape index (κ2) is 5.05. The first-order valence-corrected chi connectivity index (χ1v) is 5.88. The Morgan fingerprint density at radius 3 is 2.17 bits per heavy atom. The molecule has 0 saturated carbocycles. The SMILES string of the molecule is COc1cc(-c2ccc(C(C)=O)cc2)ccc1C. The zero-order valence-corrected chi connectivity index (χ0v) is 10.9. The molecular weight excluding hydrogens is 224 g/mol. The van der Waals surface area contributed by atoms with E-state index in [0.717, 1.165) is 28.0 Å². The molecule has 0 aromatic heterocycles. The smallest absolute Gasteiger partial charge is 0.159 e. The van der Waals surface area contributed by atoms with Crippen LogP contribution in [0, 0.1) is 6.92 Å². The average Bonchev–Trinajstić information content (AvgIpc) is 2.39. The average molecular weight is 240 g/mol. The summed E-state index contributed by atoms with van der Waals surface area (Å²) in [5.41, 5.74) is 4.02. The van der Waals surface area contributed by atoms with Gasteiger partial charge in [0.15, 0.2) is 5.78 Å². The first-order valence-electron chi connectivity index (χ1n) is 5.88. The second-order valence-electron chi connectivity index (χ2n) is 4.32. The Bertz CT molecular complexity index is 568. The van der Waals surface area contributed by atoms with E-state index in [2.05, 4.69) is 6.07 Å². The summed E-state index contributed by atoms with van der Waals surface area (Å²) in [7, 11) is 1.67. The van der Waals surface area contributed by atoms with Gasteiger partial charge in [-0.3, -0.25) is 4.79 Å². The minimum absolute atomic E-state index is 0.0861. The highest BCUT2D eigenvalue weighted by atomic mass is 16.5. The van der Waals surface area contributed by atoms with E-state index < -0.39 is 0 Å². The Hall–Kier alpha value is -2.09. The van der Waals surface area contributed by atoms with Gasteiger partial charge >= 0.3 is 0 Å². The monoisotopic (exact) mass is 240 g/mol. The maximum atomic E-state index is 11.2. The number of methoxy groups -OCH3 is 1. The number of ketones is 1. The Morgan fingerprint density at radius 2 is 1.61 bits per heavy atom. The number of hydrogen-bond acceptors (Lipinski definition) is 2. The fourth-order valence-corrected chi connectivity index (χ4v) is 1.90. The number of carbonyl (C=O) groups excluding carboxylic acids is 1. The standard InChI is InChI=1S/C16H16O2/c1-11-4-5-15(10-16(11)18-3)14-8-6-13(7-9-14)12(2)17/h4-10H,1-3H3. The Balaban J connectivity index is 2.39. The third kappa shape index (κ3) is 2.43. The number of ether oxygens (including phenoxy) is 1. The molecule has 92 valence electrons. The molecule has 0 radical (unpaired) electrons. The van der Waals surface area contributed by atoms with E-state index in [1.165, 1.54) is 0 Å². The molecule has 0 aliphatic rings. The fraction of sp³-hybridized carbons (Fsp3) is 0.188. The van der Waals surface area contributed by atoms with E-state index in [0.29, 0.717) is 0 Å². The Morgan fingerprint density at radius 1 is 1.00 bits per heavy atom. The molecular formula is C16H16O2. The fourth-order valence-electron chi connectivity index (χ4n) is 1.90. The van der Waals surface area contributed by atoms with E-state index in [1.807, 2.05) is 43.3 Å². The van der Waals surface area contributed by atoms with Crippen LogP contribution in [0.3, 0.4) is 0 Å². The number of rotatable bonds is 3. The van der Waals surface area contributed by atoms with E-state index in [1.54, 1.807) is 14.0 Å². The van der Waals surface area contributed by atoms with Crippen LogP contribution in [-0.2, 0) is 0 Å². The van der Waals surface area contributed by atoms with Crippen LogP contribution in [0.25, 0.3) is 11.1 Å². The summed E-state index contributed by atoms with van der Waals surface area (Å²) in [4.78, 5) is 11.2. The molecule has 0 aliphatic heterocycles. The molecule has 0 heterocycles. The van der Waals surface area contributed by atoms with Crippen LogP contribution in [0.5, 0.6) is 5.75 Å². The topological polar surface area (TPSA) is 26.3 Å². The van der Waals surface area contributed by atoms with Gasteiger partial charge in [-0.15, -0.1) is 0 Å². The molecule has 0 aliphatic carbocycles. The lowest BCUT2D eigenvalue weighted by atomic mass is 10.0. The summed E-state index contributed by atoms with van der Waals surface area (Å²) in [6.45, 7) is 3.59. The summed E-state index contributed by atoms with van der Waals surface area (Å²) in [6, 6.07) is 13.7. The van der Waals surface area contributed by atoms with Crippen molar-refractivity contribution in [2.75, 3.05) is 7.11 Å². The van der Waals surface area contributed by atoms with Gasteiger partial charge in [-0.05, 0) is 36.6 Å². The van der Waals surface area contributed by atoms with Crippen molar-refractivity contribution < 1.29 is 9.53 Å². The molecule has 0 unspecified atom stereocenters. The van der Waals surface area contributed by atoms with E-state index >= 15 is 0 Å².